The molecule has 2 amide bonds. The summed E-state index contributed by atoms with van der Waals surface area (Å²) in [4.78, 5) is 27.4. The number of carbonyl (C=O) groups is 2. The maximum absolute atomic E-state index is 12.2. The van der Waals surface area contributed by atoms with Gasteiger partial charge in [0.15, 0.2) is 0 Å². The van der Waals surface area contributed by atoms with Crippen LogP contribution in [0.4, 0.5) is 0 Å². The molecule has 0 aromatic carbocycles. The lowest BCUT2D eigenvalue weighted by molar-refractivity contribution is -0.136. The van der Waals surface area contributed by atoms with Crippen LogP contribution in [0.25, 0.3) is 0 Å². The van der Waals surface area contributed by atoms with Crippen LogP contribution in [0, 0.1) is 5.41 Å². The molecule has 110 valence electrons. The van der Waals surface area contributed by atoms with Crippen LogP contribution in [-0.4, -0.2) is 67.4 Å². The molecule has 0 aromatic rings. The maximum Gasteiger partial charge on any atom is 0.240 e. The lowest BCUT2D eigenvalue weighted by atomic mass is 9.86. The Morgan fingerprint density at radius 1 is 1.21 bits per heavy atom. The predicted molar refractivity (Wildman–Crippen MR) is 74.5 cm³/mol. The van der Waals surface area contributed by atoms with Gasteiger partial charge >= 0.3 is 0 Å². The van der Waals surface area contributed by atoms with Gasteiger partial charge in [0.05, 0.1) is 12.6 Å². The molecule has 1 heterocycles. The first-order valence-corrected chi connectivity index (χ1v) is 6.73. The highest BCUT2D eigenvalue weighted by Crippen LogP contribution is 2.19. The number of hydrogen-bond acceptors (Lipinski definition) is 4. The van der Waals surface area contributed by atoms with Crippen molar-refractivity contribution in [2.24, 2.45) is 11.1 Å². The molecule has 0 bridgehead atoms. The Kier molecular flexibility index (Phi) is 5.31. The quantitative estimate of drug-likeness (QED) is 0.707. The average molecular weight is 270 g/mol. The predicted octanol–water partition coefficient (Wildman–Crippen LogP) is -0.750. The Morgan fingerprint density at radius 2 is 1.74 bits per heavy atom. The number of hydrogen-bond donors (Lipinski definition) is 2. The molecule has 3 N–H and O–H groups in total. The molecule has 0 radical (unpaired) electrons. The van der Waals surface area contributed by atoms with Crippen molar-refractivity contribution in [1.29, 1.82) is 0 Å². The highest BCUT2D eigenvalue weighted by Gasteiger charge is 2.32. The van der Waals surface area contributed by atoms with Gasteiger partial charge in [0.2, 0.25) is 11.8 Å². The monoisotopic (exact) mass is 270 g/mol. The Labute approximate surface area is 115 Å². The minimum atomic E-state index is -0.474. The number of nitrogens with zero attached hydrogens (tertiary/aromatic N) is 2. The molecule has 6 nitrogen and oxygen atoms in total. The van der Waals surface area contributed by atoms with Crippen molar-refractivity contribution in [3.8, 4) is 0 Å². The van der Waals surface area contributed by atoms with Crippen LogP contribution in [0.5, 0.6) is 0 Å². The molecule has 1 aliphatic rings. The van der Waals surface area contributed by atoms with Gasteiger partial charge in [-0.2, -0.15) is 0 Å². The molecule has 1 atom stereocenters. The third-order valence-electron chi connectivity index (χ3n) is 3.53. The zero-order valence-corrected chi connectivity index (χ0v) is 12.4. The molecule has 0 aromatic heterocycles. The number of carbonyl (C=O) groups excluding carboxylic acids is 2. The summed E-state index contributed by atoms with van der Waals surface area (Å²) in [7, 11) is 1.63. The SMILES string of the molecule is CNC(=O)CN1CCN(C(=O)[C@@H](N)C(C)(C)C)CC1. The smallest absolute Gasteiger partial charge is 0.240 e. The second kappa shape index (κ2) is 6.34. The van der Waals surface area contributed by atoms with Crippen LogP contribution in [0.1, 0.15) is 20.8 Å². The van der Waals surface area contributed by atoms with Crippen LogP contribution in [0.3, 0.4) is 0 Å². The van der Waals surface area contributed by atoms with Crippen LogP contribution in [-0.2, 0) is 9.59 Å². The highest BCUT2D eigenvalue weighted by molar-refractivity contribution is 5.82. The van der Waals surface area contributed by atoms with Crippen LogP contribution in [0.15, 0.2) is 0 Å². The summed E-state index contributed by atoms with van der Waals surface area (Å²) in [6.07, 6.45) is 0. The Bertz CT molecular complexity index is 330. The molecule has 0 saturated carbocycles. The number of piperazine rings is 1. The van der Waals surface area contributed by atoms with Crippen molar-refractivity contribution in [1.82, 2.24) is 15.1 Å². The molecule has 1 saturated heterocycles. The summed E-state index contributed by atoms with van der Waals surface area (Å²) >= 11 is 0. The van der Waals surface area contributed by atoms with Gasteiger partial charge in [0, 0.05) is 33.2 Å². The average Bonchev–Trinajstić information content (AvgIpc) is 2.36. The fourth-order valence-corrected chi connectivity index (χ4v) is 1.98. The first-order chi connectivity index (χ1) is 8.75. The molecule has 1 rings (SSSR count). The van der Waals surface area contributed by atoms with E-state index >= 15 is 0 Å². The number of amides is 2. The summed E-state index contributed by atoms with van der Waals surface area (Å²) < 4.78 is 0. The molecule has 1 aliphatic heterocycles. The molecular weight excluding hydrogens is 244 g/mol. The van der Waals surface area contributed by atoms with Gasteiger partial charge in [0.1, 0.15) is 0 Å². The maximum atomic E-state index is 12.2. The van der Waals surface area contributed by atoms with E-state index in [-0.39, 0.29) is 17.2 Å². The minimum absolute atomic E-state index is 0.00571. The van der Waals surface area contributed by atoms with E-state index in [2.05, 4.69) is 5.32 Å². The number of rotatable bonds is 3. The first kappa shape index (κ1) is 15.9. The van der Waals surface area contributed by atoms with Crippen LogP contribution in [0.2, 0.25) is 0 Å². The topological polar surface area (TPSA) is 78.7 Å². The van der Waals surface area contributed by atoms with Gasteiger partial charge in [0.25, 0.3) is 0 Å². The fraction of sp³-hybridized carbons (Fsp3) is 0.846. The van der Waals surface area contributed by atoms with E-state index in [1.54, 1.807) is 11.9 Å². The van der Waals surface area contributed by atoms with Gasteiger partial charge in [-0.1, -0.05) is 20.8 Å². The zero-order valence-electron chi connectivity index (χ0n) is 12.4. The van der Waals surface area contributed by atoms with E-state index < -0.39 is 6.04 Å². The Hall–Kier alpha value is -1.14. The summed E-state index contributed by atoms with van der Waals surface area (Å²) in [5, 5.41) is 2.60. The van der Waals surface area contributed by atoms with Gasteiger partial charge in [-0.25, -0.2) is 0 Å². The van der Waals surface area contributed by atoms with E-state index in [0.717, 1.165) is 13.1 Å². The minimum Gasteiger partial charge on any atom is -0.358 e. The molecule has 1 fully saturated rings. The van der Waals surface area contributed by atoms with Gasteiger partial charge in [-0.15, -0.1) is 0 Å². The fourth-order valence-electron chi connectivity index (χ4n) is 1.98. The molecule has 0 aliphatic carbocycles. The summed E-state index contributed by atoms with van der Waals surface area (Å²) in [6.45, 7) is 9.02. The molecule has 0 spiro atoms. The van der Waals surface area contributed by atoms with Crippen LogP contribution < -0.4 is 11.1 Å². The first-order valence-electron chi connectivity index (χ1n) is 6.73. The molecule has 0 unspecified atom stereocenters. The molecule has 6 heteroatoms. The second-order valence-electron chi connectivity index (χ2n) is 6.12. The van der Waals surface area contributed by atoms with E-state index in [0.29, 0.717) is 19.6 Å². The lowest BCUT2D eigenvalue weighted by Gasteiger charge is -2.37. The van der Waals surface area contributed by atoms with Crippen LogP contribution >= 0.6 is 0 Å². The normalized spacial score (nSPS) is 19.1. The van der Waals surface area contributed by atoms with E-state index in [1.165, 1.54) is 0 Å². The summed E-state index contributed by atoms with van der Waals surface area (Å²) in [6, 6.07) is -0.474. The van der Waals surface area contributed by atoms with Gasteiger partial charge in [-0.3, -0.25) is 14.5 Å². The van der Waals surface area contributed by atoms with E-state index in [4.69, 9.17) is 5.73 Å². The van der Waals surface area contributed by atoms with Crippen molar-refractivity contribution < 1.29 is 9.59 Å². The standard InChI is InChI=1S/C13H26N4O2/c1-13(2,3)11(14)12(19)17-7-5-16(6-8-17)9-10(18)15-4/h11H,5-9,14H2,1-4H3,(H,15,18)/t11-/m1/s1. The third-order valence-corrected chi connectivity index (χ3v) is 3.53. The van der Waals surface area contributed by atoms with Crippen molar-refractivity contribution in [3.05, 3.63) is 0 Å². The van der Waals surface area contributed by atoms with Crippen molar-refractivity contribution in [3.63, 3.8) is 0 Å². The summed E-state index contributed by atoms with van der Waals surface area (Å²) in [5.41, 5.74) is 5.77. The molecular formula is C13H26N4O2. The van der Waals surface area contributed by atoms with Gasteiger partial charge < -0.3 is 16.0 Å². The largest absolute Gasteiger partial charge is 0.358 e. The number of nitrogens with one attached hydrogen (secondary N) is 1. The lowest BCUT2D eigenvalue weighted by Crippen LogP contribution is -2.56. The van der Waals surface area contributed by atoms with Crippen molar-refractivity contribution >= 4 is 11.8 Å². The van der Waals surface area contributed by atoms with E-state index in [9.17, 15) is 9.59 Å². The van der Waals surface area contributed by atoms with Gasteiger partial charge in [-0.05, 0) is 5.41 Å². The second-order valence-corrected chi connectivity index (χ2v) is 6.12. The number of likely N-dealkylation sites (N-methyl/N-ethyl adjacent to an activating group) is 1. The van der Waals surface area contributed by atoms with Crippen molar-refractivity contribution in [2.45, 2.75) is 26.8 Å². The molecule has 19 heavy (non-hydrogen) atoms. The van der Waals surface area contributed by atoms with Crippen molar-refractivity contribution in [2.75, 3.05) is 39.8 Å². The Morgan fingerprint density at radius 3 is 2.16 bits per heavy atom. The highest BCUT2D eigenvalue weighted by atomic mass is 16.2. The zero-order chi connectivity index (χ0) is 14.6. The summed E-state index contributed by atoms with van der Waals surface area (Å²) in [5.74, 6) is 0.0123. The van der Waals surface area contributed by atoms with E-state index in [1.807, 2.05) is 25.7 Å². The third kappa shape index (κ3) is 4.47. The number of nitrogens with two attached hydrogens (primary N) is 1. The Balaban J connectivity index is 2.45.